The summed E-state index contributed by atoms with van der Waals surface area (Å²) >= 11 is 0. The molecular formula is C9H13N3O3. The molecule has 6 heteroatoms. The summed E-state index contributed by atoms with van der Waals surface area (Å²) in [5, 5.41) is 2.75. The number of esters is 1. The number of aromatic amines is 1. The SMILES string of the molecule is CCOC(=O)CCNc1ncc[nH]c1=O. The molecule has 0 unspecified atom stereocenters. The monoisotopic (exact) mass is 211 g/mol. The molecule has 0 amide bonds. The van der Waals surface area contributed by atoms with Crippen LogP contribution in [0.3, 0.4) is 0 Å². The standard InChI is InChI=1S/C9H13N3O3/c1-2-15-7(13)3-4-10-8-9(14)12-6-5-11-8/h5-6H,2-4H2,1H3,(H,10,11)(H,12,14). The minimum Gasteiger partial charge on any atom is -0.466 e. The van der Waals surface area contributed by atoms with Crippen molar-refractivity contribution in [3.8, 4) is 0 Å². The summed E-state index contributed by atoms with van der Waals surface area (Å²) < 4.78 is 4.72. The Morgan fingerprint density at radius 3 is 3.13 bits per heavy atom. The molecule has 0 fully saturated rings. The highest BCUT2D eigenvalue weighted by atomic mass is 16.5. The number of carbonyl (C=O) groups is 1. The third-order valence-electron chi connectivity index (χ3n) is 1.63. The third kappa shape index (κ3) is 3.80. The second-order valence-corrected chi connectivity index (χ2v) is 2.75. The maximum atomic E-state index is 11.1. The maximum Gasteiger partial charge on any atom is 0.307 e. The van der Waals surface area contributed by atoms with Crippen molar-refractivity contribution in [2.75, 3.05) is 18.5 Å². The first-order valence-corrected chi connectivity index (χ1v) is 4.67. The van der Waals surface area contributed by atoms with E-state index in [1.165, 1.54) is 12.4 Å². The fraction of sp³-hybridized carbons (Fsp3) is 0.444. The smallest absolute Gasteiger partial charge is 0.307 e. The summed E-state index contributed by atoms with van der Waals surface area (Å²) in [5.41, 5.74) is -0.304. The summed E-state index contributed by atoms with van der Waals surface area (Å²) in [6.45, 7) is 2.44. The molecule has 6 nitrogen and oxygen atoms in total. The van der Waals surface area contributed by atoms with Crippen LogP contribution >= 0.6 is 0 Å². The number of nitrogens with zero attached hydrogens (tertiary/aromatic N) is 1. The minimum absolute atomic E-state index is 0.210. The molecule has 0 aliphatic carbocycles. The lowest BCUT2D eigenvalue weighted by Crippen LogP contribution is -2.18. The van der Waals surface area contributed by atoms with E-state index in [0.717, 1.165) is 0 Å². The van der Waals surface area contributed by atoms with Crippen LogP contribution < -0.4 is 10.9 Å². The predicted octanol–water partition coefficient (Wildman–Crippen LogP) is 0.135. The number of carbonyl (C=O) groups excluding carboxylic acids is 1. The largest absolute Gasteiger partial charge is 0.466 e. The zero-order valence-electron chi connectivity index (χ0n) is 8.45. The number of hydrogen-bond acceptors (Lipinski definition) is 5. The fourth-order valence-corrected chi connectivity index (χ4v) is 0.994. The van der Waals surface area contributed by atoms with E-state index in [1.54, 1.807) is 6.92 Å². The highest BCUT2D eigenvalue weighted by molar-refractivity contribution is 5.69. The van der Waals surface area contributed by atoms with Crippen LogP contribution in [-0.4, -0.2) is 29.1 Å². The van der Waals surface area contributed by atoms with Gasteiger partial charge in [-0.2, -0.15) is 0 Å². The minimum atomic E-state index is -0.304. The Morgan fingerprint density at radius 1 is 1.67 bits per heavy atom. The van der Waals surface area contributed by atoms with Crippen molar-refractivity contribution in [2.45, 2.75) is 13.3 Å². The van der Waals surface area contributed by atoms with Gasteiger partial charge in [-0.05, 0) is 6.92 Å². The maximum absolute atomic E-state index is 11.1. The highest BCUT2D eigenvalue weighted by Crippen LogP contribution is 1.92. The molecule has 1 rings (SSSR count). The Balaban J connectivity index is 2.35. The van der Waals surface area contributed by atoms with Crippen LogP contribution in [0.2, 0.25) is 0 Å². The normalized spacial score (nSPS) is 9.67. The van der Waals surface area contributed by atoms with Crippen molar-refractivity contribution >= 4 is 11.8 Å². The molecule has 15 heavy (non-hydrogen) atoms. The highest BCUT2D eigenvalue weighted by Gasteiger charge is 2.02. The van der Waals surface area contributed by atoms with E-state index >= 15 is 0 Å². The second kappa shape index (κ2) is 5.79. The van der Waals surface area contributed by atoms with Gasteiger partial charge < -0.3 is 15.0 Å². The summed E-state index contributed by atoms with van der Waals surface area (Å²) in [7, 11) is 0. The molecule has 0 aliphatic rings. The molecule has 0 radical (unpaired) electrons. The fourth-order valence-electron chi connectivity index (χ4n) is 0.994. The van der Waals surface area contributed by atoms with Gasteiger partial charge in [0.1, 0.15) is 0 Å². The van der Waals surface area contributed by atoms with E-state index in [9.17, 15) is 9.59 Å². The molecule has 0 bridgehead atoms. The molecule has 0 saturated heterocycles. The lowest BCUT2D eigenvalue weighted by Gasteiger charge is -2.03. The predicted molar refractivity (Wildman–Crippen MR) is 54.6 cm³/mol. The van der Waals surface area contributed by atoms with Crippen LogP contribution in [0.4, 0.5) is 5.82 Å². The van der Waals surface area contributed by atoms with Gasteiger partial charge in [0, 0.05) is 18.9 Å². The van der Waals surface area contributed by atoms with Crippen LogP contribution in [0.25, 0.3) is 0 Å². The van der Waals surface area contributed by atoms with Gasteiger partial charge in [0.05, 0.1) is 13.0 Å². The topological polar surface area (TPSA) is 84.1 Å². The molecule has 0 atom stereocenters. The molecule has 1 heterocycles. The van der Waals surface area contributed by atoms with Crippen molar-refractivity contribution < 1.29 is 9.53 Å². The average Bonchev–Trinajstić information content (AvgIpc) is 2.21. The molecule has 0 saturated carbocycles. The Bertz CT molecular complexity index is 375. The van der Waals surface area contributed by atoms with Crippen molar-refractivity contribution in [1.82, 2.24) is 9.97 Å². The van der Waals surface area contributed by atoms with E-state index in [1.807, 2.05) is 0 Å². The Morgan fingerprint density at radius 2 is 2.47 bits per heavy atom. The molecule has 1 aromatic rings. The first-order chi connectivity index (χ1) is 7.24. The quantitative estimate of drug-likeness (QED) is 0.676. The van der Waals surface area contributed by atoms with Crippen molar-refractivity contribution in [1.29, 1.82) is 0 Å². The van der Waals surface area contributed by atoms with E-state index in [0.29, 0.717) is 13.2 Å². The van der Waals surface area contributed by atoms with Gasteiger partial charge in [-0.15, -0.1) is 0 Å². The van der Waals surface area contributed by atoms with Gasteiger partial charge in [0.25, 0.3) is 5.56 Å². The summed E-state index contributed by atoms with van der Waals surface area (Å²) in [5.74, 6) is -0.0841. The number of hydrogen-bond donors (Lipinski definition) is 2. The average molecular weight is 211 g/mol. The Labute approximate surface area is 86.7 Å². The molecule has 0 spiro atoms. The van der Waals surface area contributed by atoms with E-state index in [4.69, 9.17) is 4.74 Å². The first kappa shape index (κ1) is 11.2. The molecule has 82 valence electrons. The lowest BCUT2D eigenvalue weighted by molar-refractivity contribution is -0.142. The van der Waals surface area contributed by atoms with Gasteiger partial charge in [-0.1, -0.05) is 0 Å². The van der Waals surface area contributed by atoms with Crippen molar-refractivity contribution in [3.63, 3.8) is 0 Å². The van der Waals surface area contributed by atoms with Crippen molar-refractivity contribution in [3.05, 3.63) is 22.7 Å². The summed E-state index contributed by atoms with van der Waals surface area (Å²) in [4.78, 5) is 28.4. The van der Waals surface area contributed by atoms with Gasteiger partial charge >= 0.3 is 5.97 Å². The Hall–Kier alpha value is -1.85. The summed E-state index contributed by atoms with van der Waals surface area (Å²) in [6, 6.07) is 0. The van der Waals surface area contributed by atoms with E-state index in [2.05, 4.69) is 15.3 Å². The van der Waals surface area contributed by atoms with Gasteiger partial charge in [0.15, 0.2) is 5.82 Å². The number of aromatic nitrogens is 2. The van der Waals surface area contributed by atoms with Crippen molar-refractivity contribution in [2.24, 2.45) is 0 Å². The lowest BCUT2D eigenvalue weighted by atomic mass is 10.4. The Kier molecular flexibility index (Phi) is 4.33. The zero-order valence-corrected chi connectivity index (χ0v) is 8.45. The first-order valence-electron chi connectivity index (χ1n) is 4.67. The van der Waals surface area contributed by atoms with Gasteiger partial charge in [-0.25, -0.2) is 4.98 Å². The number of rotatable bonds is 5. The van der Waals surface area contributed by atoms with Crippen LogP contribution in [0.15, 0.2) is 17.2 Å². The van der Waals surface area contributed by atoms with E-state index < -0.39 is 0 Å². The molecule has 0 aliphatic heterocycles. The number of anilines is 1. The van der Waals surface area contributed by atoms with Crippen LogP contribution in [0.1, 0.15) is 13.3 Å². The molecule has 0 aromatic carbocycles. The van der Waals surface area contributed by atoms with Crippen LogP contribution in [-0.2, 0) is 9.53 Å². The molecule has 1 aromatic heterocycles. The number of nitrogens with one attached hydrogen (secondary N) is 2. The second-order valence-electron chi connectivity index (χ2n) is 2.75. The van der Waals surface area contributed by atoms with Crippen LogP contribution in [0, 0.1) is 0 Å². The van der Waals surface area contributed by atoms with Gasteiger partial charge in [-0.3, -0.25) is 9.59 Å². The number of ether oxygens (including phenoxy) is 1. The summed E-state index contributed by atoms with van der Waals surface area (Å²) in [6.07, 6.45) is 3.12. The van der Waals surface area contributed by atoms with Crippen LogP contribution in [0.5, 0.6) is 0 Å². The number of H-pyrrole nitrogens is 1. The van der Waals surface area contributed by atoms with Gasteiger partial charge in [0.2, 0.25) is 0 Å². The molecule has 2 N–H and O–H groups in total. The van der Waals surface area contributed by atoms with E-state index in [-0.39, 0.29) is 23.8 Å². The zero-order chi connectivity index (χ0) is 11.1. The third-order valence-corrected chi connectivity index (χ3v) is 1.63. The molecular weight excluding hydrogens is 198 g/mol.